The molecule has 0 atom stereocenters. The van der Waals surface area contributed by atoms with Crippen LogP contribution in [0.25, 0.3) is 0 Å². The van der Waals surface area contributed by atoms with Crippen molar-refractivity contribution >= 4 is 11.9 Å². The second-order valence-electron chi connectivity index (χ2n) is 3.96. The molecule has 0 aromatic carbocycles. The van der Waals surface area contributed by atoms with Crippen molar-refractivity contribution in [2.45, 2.75) is 40.5 Å². The highest BCUT2D eigenvalue weighted by Gasteiger charge is 2.09. The molecule has 0 aromatic rings. The standard InChI is InChI=1S/C7H16.2C3H4O2/c1-5-7(3,4)6-2;2*1-2-3(4)5/h5-6H2,1-4H3;2*2H,1H2,(H,4,5). The highest BCUT2D eigenvalue weighted by molar-refractivity contribution is 5.79. The maximum Gasteiger partial charge on any atom is 0.327 e. The zero-order chi connectivity index (χ0) is 14.5. The first-order chi connectivity index (χ1) is 7.66. The summed E-state index contributed by atoms with van der Waals surface area (Å²) in [6.07, 6.45) is 4.26. The molecule has 2 N–H and O–H groups in total. The normalized spacial score (nSPS) is 8.71. The van der Waals surface area contributed by atoms with Crippen LogP contribution in [0.5, 0.6) is 0 Å². The molecule has 0 aliphatic heterocycles. The van der Waals surface area contributed by atoms with Gasteiger partial charge in [0.25, 0.3) is 0 Å². The average Bonchev–Trinajstić information content (AvgIpc) is 2.30. The Balaban J connectivity index is -0.000000177. The summed E-state index contributed by atoms with van der Waals surface area (Å²) in [7, 11) is 0. The lowest BCUT2D eigenvalue weighted by atomic mass is 9.88. The molecule has 0 fully saturated rings. The van der Waals surface area contributed by atoms with E-state index in [1.54, 1.807) is 0 Å². The molecular weight excluding hydrogens is 220 g/mol. The van der Waals surface area contributed by atoms with Crippen LogP contribution in [0.2, 0.25) is 0 Å². The van der Waals surface area contributed by atoms with Gasteiger partial charge in [-0.3, -0.25) is 0 Å². The zero-order valence-electron chi connectivity index (χ0n) is 11.2. The minimum atomic E-state index is -0.981. The first kappa shape index (κ1) is 20.8. The Morgan fingerprint density at radius 2 is 1.18 bits per heavy atom. The Hall–Kier alpha value is -1.58. The maximum atomic E-state index is 9.25. The van der Waals surface area contributed by atoms with Gasteiger partial charge in [0.05, 0.1) is 0 Å². The van der Waals surface area contributed by atoms with Gasteiger partial charge in [0, 0.05) is 12.2 Å². The fourth-order valence-electron chi connectivity index (χ4n) is 0.250. The minimum Gasteiger partial charge on any atom is -0.478 e. The smallest absolute Gasteiger partial charge is 0.327 e. The SMILES string of the molecule is C=CC(=O)O.C=CC(=O)O.CCC(C)(C)CC. The van der Waals surface area contributed by atoms with Crippen LogP contribution in [0.15, 0.2) is 25.3 Å². The Bertz CT molecular complexity index is 218. The van der Waals surface area contributed by atoms with Crippen LogP contribution < -0.4 is 0 Å². The Morgan fingerprint density at radius 3 is 1.18 bits per heavy atom. The van der Waals surface area contributed by atoms with E-state index in [1.165, 1.54) is 12.8 Å². The third kappa shape index (κ3) is 31.4. The largest absolute Gasteiger partial charge is 0.478 e. The third-order valence-electron chi connectivity index (χ3n) is 2.26. The van der Waals surface area contributed by atoms with Gasteiger partial charge in [-0.15, -0.1) is 0 Å². The van der Waals surface area contributed by atoms with Crippen molar-refractivity contribution in [3.05, 3.63) is 25.3 Å². The predicted molar refractivity (Wildman–Crippen MR) is 70.0 cm³/mol. The average molecular weight is 244 g/mol. The van der Waals surface area contributed by atoms with E-state index in [4.69, 9.17) is 10.2 Å². The molecule has 4 nitrogen and oxygen atoms in total. The van der Waals surface area contributed by atoms with Gasteiger partial charge in [-0.25, -0.2) is 9.59 Å². The molecule has 0 aliphatic carbocycles. The van der Waals surface area contributed by atoms with Crippen molar-refractivity contribution in [1.82, 2.24) is 0 Å². The molecule has 0 bridgehead atoms. The van der Waals surface area contributed by atoms with Crippen molar-refractivity contribution in [2.24, 2.45) is 5.41 Å². The molecule has 0 radical (unpaired) electrons. The van der Waals surface area contributed by atoms with Crippen LogP contribution in [-0.2, 0) is 9.59 Å². The van der Waals surface area contributed by atoms with Crippen molar-refractivity contribution in [3.8, 4) is 0 Å². The summed E-state index contributed by atoms with van der Waals surface area (Å²) in [4.78, 5) is 18.5. The lowest BCUT2D eigenvalue weighted by molar-refractivity contribution is -0.132. The van der Waals surface area contributed by atoms with Crippen LogP contribution in [0.3, 0.4) is 0 Å². The second-order valence-corrected chi connectivity index (χ2v) is 3.96. The van der Waals surface area contributed by atoms with Gasteiger partial charge in [0.15, 0.2) is 0 Å². The summed E-state index contributed by atoms with van der Waals surface area (Å²) >= 11 is 0. The van der Waals surface area contributed by atoms with Gasteiger partial charge in [0.2, 0.25) is 0 Å². The van der Waals surface area contributed by atoms with Crippen LogP contribution in [0.1, 0.15) is 40.5 Å². The molecular formula is C13H24O4. The van der Waals surface area contributed by atoms with Gasteiger partial charge in [0.1, 0.15) is 0 Å². The molecule has 100 valence electrons. The van der Waals surface area contributed by atoms with E-state index < -0.39 is 11.9 Å². The van der Waals surface area contributed by atoms with Crippen LogP contribution in [0.4, 0.5) is 0 Å². The topological polar surface area (TPSA) is 74.6 Å². The Kier molecular flexibility index (Phi) is 15.3. The molecule has 0 unspecified atom stereocenters. The Morgan fingerprint density at radius 1 is 1.00 bits per heavy atom. The number of carbonyl (C=O) groups is 2. The molecule has 0 rings (SSSR count). The van der Waals surface area contributed by atoms with Crippen molar-refractivity contribution in [1.29, 1.82) is 0 Å². The molecule has 0 saturated carbocycles. The molecule has 0 heterocycles. The van der Waals surface area contributed by atoms with Gasteiger partial charge in [-0.1, -0.05) is 53.7 Å². The Labute approximate surface area is 104 Å². The van der Waals surface area contributed by atoms with Gasteiger partial charge >= 0.3 is 11.9 Å². The summed E-state index contributed by atoms with van der Waals surface area (Å²) in [6, 6.07) is 0. The first-order valence-corrected chi connectivity index (χ1v) is 5.37. The van der Waals surface area contributed by atoms with Gasteiger partial charge < -0.3 is 10.2 Å². The number of rotatable bonds is 4. The maximum absolute atomic E-state index is 9.25. The molecule has 4 heteroatoms. The number of hydrogen-bond donors (Lipinski definition) is 2. The fourth-order valence-corrected chi connectivity index (χ4v) is 0.250. The van der Waals surface area contributed by atoms with E-state index in [9.17, 15) is 9.59 Å². The highest BCUT2D eigenvalue weighted by Crippen LogP contribution is 2.22. The predicted octanol–water partition coefficient (Wildman–Crippen LogP) is 3.35. The number of hydrogen-bond acceptors (Lipinski definition) is 2. The minimum absolute atomic E-state index is 0.583. The van der Waals surface area contributed by atoms with E-state index in [0.717, 1.165) is 12.2 Å². The third-order valence-corrected chi connectivity index (χ3v) is 2.26. The van der Waals surface area contributed by atoms with E-state index in [2.05, 4.69) is 40.9 Å². The highest BCUT2D eigenvalue weighted by atomic mass is 16.4. The van der Waals surface area contributed by atoms with Gasteiger partial charge in [-0.2, -0.15) is 0 Å². The van der Waals surface area contributed by atoms with Crippen molar-refractivity contribution in [3.63, 3.8) is 0 Å². The van der Waals surface area contributed by atoms with Crippen molar-refractivity contribution < 1.29 is 19.8 Å². The second kappa shape index (κ2) is 12.5. The summed E-state index contributed by atoms with van der Waals surface area (Å²) in [5, 5.41) is 15.2. The monoisotopic (exact) mass is 244 g/mol. The van der Waals surface area contributed by atoms with Crippen molar-refractivity contribution in [2.75, 3.05) is 0 Å². The van der Waals surface area contributed by atoms with Crippen LogP contribution in [0, 0.1) is 5.41 Å². The molecule has 0 saturated heterocycles. The van der Waals surface area contributed by atoms with E-state index >= 15 is 0 Å². The summed E-state index contributed by atoms with van der Waals surface area (Å²) in [5.41, 5.74) is 0.583. The van der Waals surface area contributed by atoms with Crippen LogP contribution >= 0.6 is 0 Å². The molecule has 0 spiro atoms. The number of carboxylic acids is 2. The van der Waals surface area contributed by atoms with E-state index in [1.807, 2.05) is 0 Å². The molecule has 0 aliphatic rings. The molecule has 17 heavy (non-hydrogen) atoms. The number of carboxylic acid groups (broad SMARTS) is 2. The molecule has 0 amide bonds. The van der Waals surface area contributed by atoms with E-state index in [0.29, 0.717) is 5.41 Å². The number of aliphatic carboxylic acids is 2. The van der Waals surface area contributed by atoms with Crippen LogP contribution in [-0.4, -0.2) is 22.2 Å². The summed E-state index contributed by atoms with van der Waals surface area (Å²) in [5.74, 6) is -1.96. The van der Waals surface area contributed by atoms with Gasteiger partial charge in [-0.05, 0) is 5.41 Å². The van der Waals surface area contributed by atoms with E-state index in [-0.39, 0.29) is 0 Å². The summed E-state index contributed by atoms with van der Waals surface area (Å²) in [6.45, 7) is 15.0. The lowest BCUT2D eigenvalue weighted by Gasteiger charge is -2.18. The summed E-state index contributed by atoms with van der Waals surface area (Å²) < 4.78 is 0. The molecule has 0 aromatic heterocycles. The quantitative estimate of drug-likeness (QED) is 0.744. The lowest BCUT2D eigenvalue weighted by Crippen LogP contribution is -2.05. The zero-order valence-corrected chi connectivity index (χ0v) is 11.2. The first-order valence-electron chi connectivity index (χ1n) is 5.37. The fraction of sp³-hybridized carbons (Fsp3) is 0.538.